The first kappa shape index (κ1) is 9.71. The molecule has 0 saturated heterocycles. The van der Waals surface area contributed by atoms with Crippen molar-refractivity contribution >= 4 is 0 Å². The number of rotatable bonds is 2. The highest BCUT2D eigenvalue weighted by Gasteiger charge is 2.21. The molecule has 0 amide bonds. The third-order valence-electron chi connectivity index (χ3n) is 3.15. The van der Waals surface area contributed by atoms with Crippen LogP contribution in [0.15, 0.2) is 12.4 Å². The van der Waals surface area contributed by atoms with Crippen LogP contribution in [-0.4, -0.2) is 20.8 Å². The fourth-order valence-corrected chi connectivity index (χ4v) is 2.30. The van der Waals surface area contributed by atoms with Gasteiger partial charge in [-0.25, -0.2) is 4.98 Å². The Morgan fingerprint density at radius 1 is 1.57 bits per heavy atom. The minimum Gasteiger partial charge on any atom is -0.393 e. The molecule has 1 saturated carbocycles. The number of nitrogens with zero attached hydrogens (tertiary/aromatic N) is 2. The lowest BCUT2D eigenvalue weighted by molar-refractivity contribution is 0.100. The van der Waals surface area contributed by atoms with E-state index in [2.05, 4.69) is 9.55 Å². The molecule has 0 spiro atoms. The van der Waals surface area contributed by atoms with E-state index in [4.69, 9.17) is 0 Å². The predicted octanol–water partition coefficient (Wildman–Crippen LogP) is 1.51. The van der Waals surface area contributed by atoms with Gasteiger partial charge in [-0.05, 0) is 25.2 Å². The summed E-state index contributed by atoms with van der Waals surface area (Å²) in [5.41, 5.74) is 0. The number of hydrogen-bond acceptors (Lipinski definition) is 2. The molecule has 0 radical (unpaired) electrons. The van der Waals surface area contributed by atoms with Crippen molar-refractivity contribution in [1.82, 2.24) is 9.55 Å². The van der Waals surface area contributed by atoms with Gasteiger partial charge in [0.05, 0.1) is 6.10 Å². The van der Waals surface area contributed by atoms with Gasteiger partial charge in [0.25, 0.3) is 0 Å². The molecular formula is C11H18N2O. The van der Waals surface area contributed by atoms with Gasteiger partial charge in [-0.3, -0.25) is 0 Å². The molecule has 3 heteroatoms. The number of hydrogen-bond donors (Lipinski definition) is 1. The molecule has 1 aromatic rings. The lowest BCUT2D eigenvalue weighted by Crippen LogP contribution is -2.21. The SMILES string of the molecule is Cn1ccnc1CC1CCCC(O)C1. The number of aryl methyl sites for hydroxylation is 1. The van der Waals surface area contributed by atoms with Gasteiger partial charge in [0.1, 0.15) is 5.82 Å². The van der Waals surface area contributed by atoms with Crippen LogP contribution in [0.5, 0.6) is 0 Å². The van der Waals surface area contributed by atoms with Crippen LogP contribution in [0.25, 0.3) is 0 Å². The van der Waals surface area contributed by atoms with Gasteiger partial charge in [0, 0.05) is 25.9 Å². The largest absolute Gasteiger partial charge is 0.393 e. The van der Waals surface area contributed by atoms with Gasteiger partial charge in [-0.2, -0.15) is 0 Å². The lowest BCUT2D eigenvalue weighted by atomic mass is 9.85. The van der Waals surface area contributed by atoms with E-state index >= 15 is 0 Å². The molecule has 0 aromatic carbocycles. The molecule has 1 aliphatic rings. The van der Waals surface area contributed by atoms with Gasteiger partial charge in [0.15, 0.2) is 0 Å². The second kappa shape index (κ2) is 4.13. The molecule has 0 aliphatic heterocycles. The molecule has 14 heavy (non-hydrogen) atoms. The van der Waals surface area contributed by atoms with Crippen LogP contribution in [0.4, 0.5) is 0 Å². The zero-order valence-corrected chi connectivity index (χ0v) is 8.69. The highest BCUT2D eigenvalue weighted by atomic mass is 16.3. The van der Waals surface area contributed by atoms with Crippen LogP contribution in [0.1, 0.15) is 31.5 Å². The molecule has 1 heterocycles. The number of aliphatic hydroxyl groups is 1. The van der Waals surface area contributed by atoms with Crippen molar-refractivity contribution < 1.29 is 5.11 Å². The molecule has 0 bridgehead atoms. The minimum absolute atomic E-state index is 0.0750. The molecule has 2 atom stereocenters. The Bertz CT molecular complexity index is 295. The van der Waals surface area contributed by atoms with Crippen LogP contribution < -0.4 is 0 Å². The summed E-state index contributed by atoms with van der Waals surface area (Å²) in [5.74, 6) is 1.77. The van der Waals surface area contributed by atoms with E-state index in [0.717, 1.165) is 31.5 Å². The second-order valence-corrected chi connectivity index (χ2v) is 4.34. The third-order valence-corrected chi connectivity index (χ3v) is 3.15. The zero-order valence-electron chi connectivity index (χ0n) is 8.69. The summed E-state index contributed by atoms with van der Waals surface area (Å²) in [6.45, 7) is 0. The highest BCUT2D eigenvalue weighted by molar-refractivity contribution is 4.93. The number of aromatic nitrogens is 2. The topological polar surface area (TPSA) is 38.0 Å². The van der Waals surface area contributed by atoms with Crippen molar-refractivity contribution in [2.75, 3.05) is 0 Å². The predicted molar refractivity (Wildman–Crippen MR) is 54.9 cm³/mol. The van der Waals surface area contributed by atoms with E-state index < -0.39 is 0 Å². The Morgan fingerprint density at radius 3 is 3.07 bits per heavy atom. The van der Waals surface area contributed by atoms with Crippen molar-refractivity contribution in [2.24, 2.45) is 13.0 Å². The molecule has 3 nitrogen and oxygen atoms in total. The molecule has 2 unspecified atom stereocenters. The first-order valence-electron chi connectivity index (χ1n) is 5.40. The third kappa shape index (κ3) is 2.15. The van der Waals surface area contributed by atoms with Crippen LogP contribution in [0.2, 0.25) is 0 Å². The maximum absolute atomic E-state index is 9.55. The Labute approximate surface area is 84.8 Å². The van der Waals surface area contributed by atoms with Crippen LogP contribution in [0.3, 0.4) is 0 Å². The normalized spacial score (nSPS) is 27.9. The molecule has 2 rings (SSSR count). The first-order chi connectivity index (χ1) is 6.75. The van der Waals surface area contributed by atoms with Crippen molar-refractivity contribution in [3.05, 3.63) is 18.2 Å². The van der Waals surface area contributed by atoms with Crippen molar-refractivity contribution in [3.63, 3.8) is 0 Å². The Balaban J connectivity index is 1.94. The monoisotopic (exact) mass is 194 g/mol. The van der Waals surface area contributed by atoms with Crippen molar-refractivity contribution in [3.8, 4) is 0 Å². The van der Waals surface area contributed by atoms with E-state index in [9.17, 15) is 5.11 Å². The van der Waals surface area contributed by atoms with E-state index in [1.807, 2.05) is 19.4 Å². The Kier molecular flexibility index (Phi) is 2.87. The van der Waals surface area contributed by atoms with Crippen molar-refractivity contribution in [1.29, 1.82) is 0 Å². The summed E-state index contributed by atoms with van der Waals surface area (Å²) in [5, 5.41) is 9.55. The van der Waals surface area contributed by atoms with Gasteiger partial charge < -0.3 is 9.67 Å². The second-order valence-electron chi connectivity index (χ2n) is 4.34. The van der Waals surface area contributed by atoms with Gasteiger partial charge in [-0.1, -0.05) is 6.42 Å². The number of aliphatic hydroxyl groups excluding tert-OH is 1. The summed E-state index contributed by atoms with van der Waals surface area (Å²) in [7, 11) is 2.03. The van der Waals surface area contributed by atoms with Crippen molar-refractivity contribution in [2.45, 2.75) is 38.2 Å². The average Bonchev–Trinajstić information content (AvgIpc) is 2.52. The lowest BCUT2D eigenvalue weighted by Gasteiger charge is -2.25. The fourth-order valence-electron chi connectivity index (χ4n) is 2.30. The fraction of sp³-hybridized carbons (Fsp3) is 0.727. The molecule has 1 fully saturated rings. The van der Waals surface area contributed by atoms with Gasteiger partial charge in [-0.15, -0.1) is 0 Å². The van der Waals surface area contributed by atoms with Gasteiger partial charge in [0.2, 0.25) is 0 Å². The Hall–Kier alpha value is -0.830. The summed E-state index contributed by atoms with van der Waals surface area (Å²) < 4.78 is 2.07. The van der Waals surface area contributed by atoms with Gasteiger partial charge >= 0.3 is 0 Å². The molecule has 1 N–H and O–H groups in total. The molecule has 1 aliphatic carbocycles. The van der Waals surface area contributed by atoms with E-state index in [1.165, 1.54) is 6.42 Å². The van der Waals surface area contributed by atoms with Crippen LogP contribution in [-0.2, 0) is 13.5 Å². The maximum atomic E-state index is 9.55. The van der Waals surface area contributed by atoms with Crippen LogP contribution >= 0.6 is 0 Å². The van der Waals surface area contributed by atoms with E-state index in [-0.39, 0.29) is 6.10 Å². The quantitative estimate of drug-likeness (QED) is 0.775. The number of imidazole rings is 1. The summed E-state index contributed by atoms with van der Waals surface area (Å²) in [6.07, 6.45) is 9.10. The van der Waals surface area contributed by atoms with Crippen LogP contribution in [0, 0.1) is 5.92 Å². The first-order valence-corrected chi connectivity index (χ1v) is 5.40. The standard InChI is InChI=1S/C11H18N2O/c1-13-6-5-12-11(13)8-9-3-2-4-10(14)7-9/h5-6,9-10,14H,2-4,7-8H2,1H3. The molecule has 1 aromatic heterocycles. The average molecular weight is 194 g/mol. The molecule has 78 valence electrons. The minimum atomic E-state index is -0.0750. The summed E-state index contributed by atoms with van der Waals surface area (Å²) >= 11 is 0. The smallest absolute Gasteiger partial charge is 0.108 e. The summed E-state index contributed by atoms with van der Waals surface area (Å²) in [6, 6.07) is 0. The van der Waals surface area contributed by atoms with E-state index in [1.54, 1.807) is 0 Å². The maximum Gasteiger partial charge on any atom is 0.108 e. The van der Waals surface area contributed by atoms with E-state index in [0.29, 0.717) is 5.92 Å². The Morgan fingerprint density at radius 2 is 2.43 bits per heavy atom. The molecular weight excluding hydrogens is 176 g/mol. The highest BCUT2D eigenvalue weighted by Crippen LogP contribution is 2.26. The summed E-state index contributed by atoms with van der Waals surface area (Å²) in [4.78, 5) is 4.32. The zero-order chi connectivity index (χ0) is 9.97.